The molecule has 5 nitrogen and oxygen atoms in total. The Kier molecular flexibility index (Phi) is 5.88. The van der Waals surface area contributed by atoms with Crippen LogP contribution in [0.5, 0.6) is 0 Å². The van der Waals surface area contributed by atoms with E-state index in [4.69, 9.17) is 14.2 Å². The molecule has 0 heterocycles. The van der Waals surface area contributed by atoms with Crippen molar-refractivity contribution in [3.05, 3.63) is 33.9 Å². The van der Waals surface area contributed by atoms with E-state index in [1.807, 2.05) is 13.0 Å². The molecule has 0 saturated heterocycles. The third kappa shape index (κ3) is 3.56. The number of aryl methyl sites for hydroxylation is 1. The van der Waals surface area contributed by atoms with Gasteiger partial charge in [-0.3, -0.25) is 0 Å². The molecule has 0 spiro atoms. The zero-order chi connectivity index (χ0) is 18.8. The maximum Gasteiger partial charge on any atom is 0.339 e. The van der Waals surface area contributed by atoms with Crippen molar-refractivity contribution in [2.45, 2.75) is 53.1 Å². The first-order valence-corrected chi connectivity index (χ1v) is 8.73. The first-order valence-electron chi connectivity index (χ1n) is 8.73. The number of unbranched alkanes of at least 4 members (excludes halogenated alkanes) is 1. The third-order valence-electron chi connectivity index (χ3n) is 4.83. The van der Waals surface area contributed by atoms with Crippen molar-refractivity contribution in [3.8, 4) is 0 Å². The fourth-order valence-electron chi connectivity index (χ4n) is 3.66. The molecule has 0 aliphatic heterocycles. The van der Waals surface area contributed by atoms with Gasteiger partial charge < -0.3 is 14.2 Å². The Morgan fingerprint density at radius 3 is 2.32 bits per heavy atom. The highest BCUT2D eigenvalue weighted by atomic mass is 16.5. The molecule has 0 fully saturated rings. The van der Waals surface area contributed by atoms with Gasteiger partial charge in [-0.2, -0.15) is 0 Å². The molecule has 0 radical (unpaired) electrons. The smallest absolute Gasteiger partial charge is 0.339 e. The van der Waals surface area contributed by atoms with Gasteiger partial charge >= 0.3 is 11.9 Å². The highest BCUT2D eigenvalue weighted by Crippen LogP contribution is 2.50. The number of methoxy groups -OCH3 is 2. The molecular formula is C20H28O5. The number of carbonyl (C=O) groups excluding carboxylic acids is 2. The molecule has 0 unspecified atom stereocenters. The van der Waals surface area contributed by atoms with Crippen molar-refractivity contribution >= 4 is 11.9 Å². The zero-order valence-corrected chi connectivity index (χ0v) is 16.0. The summed E-state index contributed by atoms with van der Waals surface area (Å²) < 4.78 is 16.1. The predicted octanol–water partition coefficient (Wildman–Crippen LogP) is 4.01. The molecule has 0 bridgehead atoms. The maximum atomic E-state index is 12.6. The van der Waals surface area contributed by atoms with Crippen LogP contribution in [0.4, 0.5) is 0 Å². The number of hydrogen-bond acceptors (Lipinski definition) is 5. The van der Waals surface area contributed by atoms with E-state index in [1.165, 1.54) is 14.2 Å². The molecule has 1 aromatic rings. The Balaban J connectivity index is 2.67. The van der Waals surface area contributed by atoms with Crippen LogP contribution in [0.25, 0.3) is 0 Å². The van der Waals surface area contributed by atoms with Crippen molar-refractivity contribution < 1.29 is 23.8 Å². The van der Waals surface area contributed by atoms with Gasteiger partial charge in [-0.1, -0.05) is 33.3 Å². The molecule has 0 saturated carbocycles. The second-order valence-electron chi connectivity index (χ2n) is 7.27. The van der Waals surface area contributed by atoms with Gasteiger partial charge in [0, 0.05) is 6.61 Å². The summed E-state index contributed by atoms with van der Waals surface area (Å²) in [5, 5.41) is 0. The van der Waals surface area contributed by atoms with Gasteiger partial charge in [-0.05, 0) is 41.9 Å². The van der Waals surface area contributed by atoms with Crippen molar-refractivity contribution in [2.75, 3.05) is 20.8 Å². The average Bonchev–Trinajstić information content (AvgIpc) is 2.82. The molecule has 2 rings (SSSR count). The number of rotatable bonds is 6. The van der Waals surface area contributed by atoms with Gasteiger partial charge in [0.15, 0.2) is 0 Å². The number of esters is 2. The van der Waals surface area contributed by atoms with Crippen molar-refractivity contribution in [3.63, 3.8) is 0 Å². The van der Waals surface area contributed by atoms with Crippen LogP contribution in [-0.2, 0) is 20.6 Å². The summed E-state index contributed by atoms with van der Waals surface area (Å²) in [4.78, 5) is 24.9. The van der Waals surface area contributed by atoms with Gasteiger partial charge in [0.05, 0.1) is 31.5 Å². The SMILES string of the molecule is CCCCO[C@H]1c2c(cc(C)c(C(=O)OC)c2C(=O)OC)CC1(C)C. The van der Waals surface area contributed by atoms with E-state index in [-0.39, 0.29) is 22.6 Å². The molecule has 0 N–H and O–H groups in total. The highest BCUT2D eigenvalue weighted by Gasteiger charge is 2.44. The average molecular weight is 348 g/mol. The standard InChI is InChI=1S/C20H28O5/c1-7-8-9-25-17-15-13(11-20(17,3)4)10-12(2)14(18(21)23-5)16(15)19(22)24-6/h10,17H,7-9,11H2,1-6H3/t17-/m0/s1. The van der Waals surface area contributed by atoms with Crippen LogP contribution in [-0.4, -0.2) is 32.8 Å². The third-order valence-corrected chi connectivity index (χ3v) is 4.83. The van der Waals surface area contributed by atoms with Crippen molar-refractivity contribution in [1.82, 2.24) is 0 Å². The number of benzene rings is 1. The van der Waals surface area contributed by atoms with Gasteiger partial charge in [-0.25, -0.2) is 9.59 Å². The first-order chi connectivity index (χ1) is 11.8. The van der Waals surface area contributed by atoms with Crippen LogP contribution < -0.4 is 0 Å². The number of carbonyl (C=O) groups is 2. The van der Waals surface area contributed by atoms with Crippen LogP contribution in [0, 0.1) is 12.3 Å². The van der Waals surface area contributed by atoms with Crippen LogP contribution >= 0.6 is 0 Å². The van der Waals surface area contributed by atoms with E-state index >= 15 is 0 Å². The Morgan fingerprint density at radius 2 is 1.76 bits per heavy atom. The molecule has 0 amide bonds. The van der Waals surface area contributed by atoms with Gasteiger partial charge in [0.25, 0.3) is 0 Å². The predicted molar refractivity (Wildman–Crippen MR) is 94.9 cm³/mol. The maximum absolute atomic E-state index is 12.6. The topological polar surface area (TPSA) is 61.8 Å². The molecule has 1 aromatic carbocycles. The molecule has 1 aliphatic rings. The van der Waals surface area contributed by atoms with E-state index in [1.54, 1.807) is 0 Å². The number of ether oxygens (including phenoxy) is 3. The lowest BCUT2D eigenvalue weighted by atomic mass is 9.86. The second kappa shape index (κ2) is 7.56. The zero-order valence-electron chi connectivity index (χ0n) is 16.0. The van der Waals surface area contributed by atoms with E-state index in [9.17, 15) is 9.59 Å². The van der Waals surface area contributed by atoms with Crippen LogP contribution in [0.15, 0.2) is 6.07 Å². The lowest BCUT2D eigenvalue weighted by Gasteiger charge is -2.28. The Morgan fingerprint density at radius 1 is 1.16 bits per heavy atom. The molecule has 25 heavy (non-hydrogen) atoms. The summed E-state index contributed by atoms with van der Waals surface area (Å²) in [5.41, 5.74) is 2.93. The summed E-state index contributed by atoms with van der Waals surface area (Å²) in [5.74, 6) is -1.06. The fourth-order valence-corrected chi connectivity index (χ4v) is 3.66. The molecule has 5 heteroatoms. The summed E-state index contributed by atoms with van der Waals surface area (Å²) in [6, 6.07) is 1.97. The van der Waals surface area contributed by atoms with Crippen LogP contribution in [0.3, 0.4) is 0 Å². The summed E-state index contributed by atoms with van der Waals surface area (Å²) in [6.45, 7) is 8.79. The first kappa shape index (κ1) is 19.4. The van der Waals surface area contributed by atoms with Crippen molar-refractivity contribution in [1.29, 1.82) is 0 Å². The normalized spacial score (nSPS) is 17.9. The quantitative estimate of drug-likeness (QED) is 0.574. The molecule has 0 aromatic heterocycles. The minimum atomic E-state index is -0.530. The number of hydrogen-bond donors (Lipinski definition) is 0. The van der Waals surface area contributed by atoms with Crippen LogP contribution in [0.1, 0.15) is 77.1 Å². The van der Waals surface area contributed by atoms with Crippen molar-refractivity contribution in [2.24, 2.45) is 5.41 Å². The highest BCUT2D eigenvalue weighted by molar-refractivity contribution is 6.05. The summed E-state index contributed by atoms with van der Waals surface area (Å²) >= 11 is 0. The van der Waals surface area contributed by atoms with E-state index in [2.05, 4.69) is 20.8 Å². The van der Waals surface area contributed by atoms with Gasteiger partial charge in [0.1, 0.15) is 0 Å². The summed E-state index contributed by atoms with van der Waals surface area (Å²) in [6.07, 6.45) is 2.51. The van der Waals surface area contributed by atoms with E-state index in [0.29, 0.717) is 6.61 Å². The molecule has 1 atom stereocenters. The second-order valence-corrected chi connectivity index (χ2v) is 7.27. The molecular weight excluding hydrogens is 320 g/mol. The minimum Gasteiger partial charge on any atom is -0.465 e. The Bertz CT molecular complexity index is 675. The van der Waals surface area contributed by atoms with Gasteiger partial charge in [-0.15, -0.1) is 0 Å². The summed E-state index contributed by atoms with van der Waals surface area (Å²) in [7, 11) is 2.64. The lowest BCUT2D eigenvalue weighted by Crippen LogP contribution is -2.23. The monoisotopic (exact) mass is 348 g/mol. The largest absolute Gasteiger partial charge is 0.465 e. The molecule has 138 valence electrons. The van der Waals surface area contributed by atoms with Gasteiger partial charge in [0.2, 0.25) is 0 Å². The van der Waals surface area contributed by atoms with Crippen LogP contribution in [0.2, 0.25) is 0 Å². The Labute approximate surface area is 149 Å². The fraction of sp³-hybridized carbons (Fsp3) is 0.600. The van der Waals surface area contributed by atoms with E-state index < -0.39 is 11.9 Å². The lowest BCUT2D eigenvalue weighted by molar-refractivity contribution is -0.0182. The Hall–Kier alpha value is -1.88. The van der Waals surface area contributed by atoms with E-state index in [0.717, 1.165) is 36.0 Å². The number of fused-ring (bicyclic) bond motifs is 1. The molecule has 1 aliphatic carbocycles. The minimum absolute atomic E-state index is 0.167.